The number of hydrogen-bond acceptors (Lipinski definition) is 4. The molecule has 0 atom stereocenters. The number of nitrogens with zero attached hydrogens (tertiary/aromatic N) is 1. The number of carbonyl (C=O) groups excluding carboxylic acids is 2. The molecule has 284 valence electrons. The molecule has 2 aromatic carbocycles. The second-order valence-electron chi connectivity index (χ2n) is 14.5. The molecule has 2 aromatic rings. The summed E-state index contributed by atoms with van der Waals surface area (Å²) in [5.74, 6) is 0.297. The van der Waals surface area contributed by atoms with Crippen LogP contribution in [-0.2, 0) is 32.3 Å². The monoisotopic (exact) mass is 705 g/mol. The molecule has 0 aliphatic carbocycles. The molecule has 0 radical (unpaired) electrons. The number of quaternary nitrogens is 1. The van der Waals surface area contributed by atoms with Crippen molar-refractivity contribution >= 4 is 24.0 Å². The van der Waals surface area contributed by atoms with Crippen molar-refractivity contribution < 1.29 is 23.5 Å². The van der Waals surface area contributed by atoms with Crippen LogP contribution in [0.25, 0.3) is 12.2 Å². The first-order valence-electron chi connectivity index (χ1n) is 19.7. The molecule has 7 heteroatoms. The molecule has 0 saturated heterocycles. The van der Waals surface area contributed by atoms with Crippen molar-refractivity contribution in [3.8, 4) is 0 Å². The fourth-order valence-corrected chi connectivity index (χ4v) is 5.91. The highest BCUT2D eigenvalue weighted by atomic mass is 16.5. The molecule has 0 saturated carbocycles. The Balaban J connectivity index is 1.31. The van der Waals surface area contributed by atoms with Crippen LogP contribution >= 0.6 is 0 Å². The van der Waals surface area contributed by atoms with Gasteiger partial charge in [0.1, 0.15) is 0 Å². The van der Waals surface area contributed by atoms with Crippen LogP contribution in [0.2, 0.25) is 0 Å². The van der Waals surface area contributed by atoms with E-state index in [-0.39, 0.29) is 11.8 Å². The standard InChI is InChI=1S/C44H69N3O4/c1-5-39-23-27-41(28-24-39)37-50-35-19-15-11-7-9-13-17-21-43(48)45-31-33-47(3,4)34-32-46-44(49)22-18-14-10-8-12-16-20-36-51-38-42-29-25-40(6-2)26-30-42/h5-6,23-30H,1-2,7-22,31-38H2,3-4H3,(H-,45,46,48,49)/p+1. The van der Waals surface area contributed by atoms with Gasteiger partial charge in [0, 0.05) is 26.1 Å². The maximum Gasteiger partial charge on any atom is 0.220 e. The summed E-state index contributed by atoms with van der Waals surface area (Å²) in [6, 6.07) is 16.7. The second kappa shape index (κ2) is 28.3. The molecule has 51 heavy (non-hydrogen) atoms. The second-order valence-corrected chi connectivity index (χ2v) is 14.5. The first-order chi connectivity index (χ1) is 24.8. The lowest BCUT2D eigenvalue weighted by Crippen LogP contribution is -2.49. The number of likely N-dealkylation sites (N-methyl/N-ethyl adjacent to an activating group) is 1. The summed E-state index contributed by atoms with van der Waals surface area (Å²) in [6.45, 7) is 13.6. The minimum atomic E-state index is 0.148. The largest absolute Gasteiger partial charge is 0.377 e. The van der Waals surface area contributed by atoms with E-state index in [4.69, 9.17) is 9.47 Å². The highest BCUT2D eigenvalue weighted by Gasteiger charge is 2.15. The van der Waals surface area contributed by atoms with E-state index in [1.165, 1.54) is 62.5 Å². The van der Waals surface area contributed by atoms with Crippen LogP contribution < -0.4 is 10.6 Å². The number of nitrogens with one attached hydrogen (secondary N) is 2. The van der Waals surface area contributed by atoms with Gasteiger partial charge in [-0.15, -0.1) is 0 Å². The number of unbranched alkanes of at least 4 members (excludes halogenated alkanes) is 12. The van der Waals surface area contributed by atoms with Crippen molar-refractivity contribution in [1.29, 1.82) is 0 Å². The van der Waals surface area contributed by atoms with Gasteiger partial charge in [-0.05, 0) is 47.9 Å². The lowest BCUT2D eigenvalue weighted by molar-refractivity contribution is -0.887. The topological polar surface area (TPSA) is 76.7 Å². The summed E-state index contributed by atoms with van der Waals surface area (Å²) in [5.41, 5.74) is 4.67. The Hall–Kier alpha value is -3.26. The molecular formula is C44H70N3O4+. The molecule has 0 fully saturated rings. The van der Waals surface area contributed by atoms with E-state index in [2.05, 4.69) is 86.4 Å². The fraction of sp³-hybridized carbons (Fsp3) is 0.591. The lowest BCUT2D eigenvalue weighted by Gasteiger charge is -2.30. The molecule has 2 N–H and O–H groups in total. The predicted octanol–water partition coefficient (Wildman–Crippen LogP) is 9.26. The van der Waals surface area contributed by atoms with Gasteiger partial charge < -0.3 is 24.6 Å². The van der Waals surface area contributed by atoms with Gasteiger partial charge >= 0.3 is 0 Å². The maximum atomic E-state index is 12.3. The third kappa shape index (κ3) is 23.8. The molecule has 0 aromatic heterocycles. The van der Waals surface area contributed by atoms with E-state index in [0.29, 0.717) is 39.1 Å². The van der Waals surface area contributed by atoms with Crippen molar-refractivity contribution in [2.24, 2.45) is 0 Å². The summed E-state index contributed by atoms with van der Waals surface area (Å²) >= 11 is 0. The highest BCUT2D eigenvalue weighted by Crippen LogP contribution is 2.12. The summed E-state index contributed by atoms with van der Waals surface area (Å²) in [5, 5.41) is 6.18. The van der Waals surface area contributed by atoms with E-state index in [1.807, 2.05) is 12.2 Å². The summed E-state index contributed by atoms with van der Waals surface area (Å²) in [4.78, 5) is 24.6. The number of ether oxygens (including phenoxy) is 2. The van der Waals surface area contributed by atoms with Crippen molar-refractivity contribution in [2.45, 2.75) is 116 Å². The van der Waals surface area contributed by atoms with Gasteiger partial charge in [0.05, 0.1) is 53.5 Å². The predicted molar refractivity (Wildman–Crippen MR) is 214 cm³/mol. The third-order valence-corrected chi connectivity index (χ3v) is 9.43. The van der Waals surface area contributed by atoms with Crippen molar-refractivity contribution in [3.05, 3.63) is 83.9 Å². The third-order valence-electron chi connectivity index (χ3n) is 9.43. The zero-order valence-corrected chi connectivity index (χ0v) is 32.2. The molecule has 2 rings (SSSR count). The molecule has 0 unspecified atom stereocenters. The Morgan fingerprint density at radius 1 is 0.549 bits per heavy atom. The molecule has 0 heterocycles. The Kier molecular flexibility index (Phi) is 24.4. The lowest BCUT2D eigenvalue weighted by atomic mass is 10.1. The zero-order chi connectivity index (χ0) is 36.8. The Morgan fingerprint density at radius 2 is 0.882 bits per heavy atom. The number of carbonyl (C=O) groups is 2. The van der Waals surface area contributed by atoms with Crippen LogP contribution in [0.4, 0.5) is 0 Å². The van der Waals surface area contributed by atoms with E-state index >= 15 is 0 Å². The minimum absolute atomic E-state index is 0.148. The molecule has 0 aliphatic rings. The van der Waals surface area contributed by atoms with Gasteiger partial charge in [-0.3, -0.25) is 9.59 Å². The quantitative estimate of drug-likeness (QED) is 0.0588. The fourth-order valence-electron chi connectivity index (χ4n) is 5.91. The smallest absolute Gasteiger partial charge is 0.220 e. The van der Waals surface area contributed by atoms with Crippen molar-refractivity contribution in [1.82, 2.24) is 10.6 Å². The summed E-state index contributed by atoms with van der Waals surface area (Å²) in [6.07, 6.45) is 20.9. The van der Waals surface area contributed by atoms with Gasteiger partial charge in [0.25, 0.3) is 0 Å². The normalized spacial score (nSPS) is 11.3. The van der Waals surface area contributed by atoms with Gasteiger partial charge in [0.2, 0.25) is 11.8 Å². The molecule has 0 bridgehead atoms. The van der Waals surface area contributed by atoms with Crippen LogP contribution in [0.3, 0.4) is 0 Å². The maximum absolute atomic E-state index is 12.3. The molecular weight excluding hydrogens is 635 g/mol. The van der Waals surface area contributed by atoms with Gasteiger partial charge in [0.15, 0.2) is 0 Å². The Bertz CT molecular complexity index is 1120. The number of amides is 2. The minimum Gasteiger partial charge on any atom is -0.377 e. The molecule has 2 amide bonds. The summed E-state index contributed by atoms with van der Waals surface area (Å²) < 4.78 is 12.4. The van der Waals surface area contributed by atoms with E-state index in [1.54, 1.807) is 0 Å². The van der Waals surface area contributed by atoms with Crippen LogP contribution in [-0.4, -0.2) is 69.8 Å². The van der Waals surface area contributed by atoms with Crippen LogP contribution in [0.1, 0.15) is 125 Å². The number of benzene rings is 2. The first kappa shape index (κ1) is 43.9. The van der Waals surface area contributed by atoms with Gasteiger partial charge in [-0.2, -0.15) is 0 Å². The van der Waals surface area contributed by atoms with Crippen LogP contribution in [0.5, 0.6) is 0 Å². The average molecular weight is 705 g/mol. The average Bonchev–Trinajstić information content (AvgIpc) is 3.13. The molecule has 0 aliphatic heterocycles. The zero-order valence-electron chi connectivity index (χ0n) is 32.2. The van der Waals surface area contributed by atoms with E-state index in [9.17, 15) is 9.59 Å². The summed E-state index contributed by atoms with van der Waals surface area (Å²) in [7, 11) is 4.31. The SMILES string of the molecule is C=Cc1ccc(COCCCCCCCCCC(=O)NCC[N+](C)(C)CCNC(=O)CCCCCCCCCOCc2ccc(C=C)cc2)cc1. The number of hydrogen-bond donors (Lipinski definition) is 2. The van der Waals surface area contributed by atoms with Gasteiger partial charge in [-0.1, -0.05) is 138 Å². The first-order valence-corrected chi connectivity index (χ1v) is 19.7. The van der Waals surface area contributed by atoms with E-state index < -0.39 is 0 Å². The van der Waals surface area contributed by atoms with Crippen LogP contribution in [0.15, 0.2) is 61.7 Å². The van der Waals surface area contributed by atoms with Crippen LogP contribution in [0, 0.1) is 0 Å². The van der Waals surface area contributed by atoms with Crippen molar-refractivity contribution in [2.75, 3.05) is 53.5 Å². The Morgan fingerprint density at radius 3 is 1.24 bits per heavy atom. The molecule has 7 nitrogen and oxygen atoms in total. The molecule has 0 spiro atoms. The highest BCUT2D eigenvalue weighted by molar-refractivity contribution is 5.76. The Labute approximate surface area is 310 Å². The number of rotatable bonds is 32. The van der Waals surface area contributed by atoms with Crippen molar-refractivity contribution in [3.63, 3.8) is 0 Å². The van der Waals surface area contributed by atoms with Gasteiger partial charge in [-0.25, -0.2) is 0 Å². The van der Waals surface area contributed by atoms with E-state index in [0.717, 1.165) is 80.4 Å².